The van der Waals surface area contributed by atoms with Gasteiger partial charge >= 0.3 is 5.97 Å². The molecule has 3 rings (SSSR count). The van der Waals surface area contributed by atoms with Gasteiger partial charge in [-0.05, 0) is 38.1 Å². The molecular weight excluding hydrogens is 344 g/mol. The predicted molar refractivity (Wildman–Crippen MR) is 106 cm³/mol. The average Bonchev–Trinajstić information content (AvgIpc) is 2.81. The first-order chi connectivity index (χ1) is 12.2. The smallest absolute Gasteiger partial charge is 0.334 e. The lowest BCUT2D eigenvalue weighted by Gasteiger charge is -2.45. The van der Waals surface area contributed by atoms with Gasteiger partial charge in [0.2, 0.25) is 0 Å². The van der Waals surface area contributed by atoms with Crippen molar-refractivity contribution in [2.24, 2.45) is 11.3 Å². The van der Waals surface area contributed by atoms with Crippen molar-refractivity contribution in [3.05, 3.63) is 23.8 Å². The van der Waals surface area contributed by atoms with Crippen LogP contribution in [0.3, 0.4) is 0 Å². The number of fused-ring (bicyclic) bond motifs is 3. The van der Waals surface area contributed by atoms with Crippen molar-refractivity contribution in [2.45, 2.75) is 76.9 Å². The molecule has 5 heteroatoms. The topological polar surface area (TPSA) is 44.8 Å². The standard InChI is InChI=1S/C21H34O4Si/c1-15-17-9-8-16-7-6-10-21(2,13-16)19(18(17)25-20(15)22)24-14-23-11-12-26(3,4)5/h7,17-19H,1,6,8-14H2,2-5H3/t17-,18-,19+,21+/m1/s1. The van der Waals surface area contributed by atoms with Gasteiger partial charge < -0.3 is 14.2 Å². The monoisotopic (exact) mass is 378 g/mol. The average molecular weight is 379 g/mol. The second-order valence-electron chi connectivity index (χ2n) is 9.70. The van der Waals surface area contributed by atoms with E-state index < -0.39 is 8.07 Å². The maximum Gasteiger partial charge on any atom is 0.334 e. The van der Waals surface area contributed by atoms with Crippen LogP contribution in [-0.4, -0.2) is 39.7 Å². The van der Waals surface area contributed by atoms with Crippen LogP contribution in [0.5, 0.6) is 0 Å². The molecule has 0 aromatic rings. The van der Waals surface area contributed by atoms with E-state index in [-0.39, 0.29) is 36.3 Å². The molecule has 0 aromatic carbocycles. The summed E-state index contributed by atoms with van der Waals surface area (Å²) in [5.41, 5.74) is 2.10. The van der Waals surface area contributed by atoms with E-state index >= 15 is 0 Å². The maximum atomic E-state index is 12.2. The molecule has 2 aliphatic carbocycles. The van der Waals surface area contributed by atoms with Crippen LogP contribution in [0.25, 0.3) is 0 Å². The zero-order chi connectivity index (χ0) is 18.9. The van der Waals surface area contributed by atoms with Crippen LogP contribution in [0.4, 0.5) is 0 Å². The third kappa shape index (κ3) is 4.32. The van der Waals surface area contributed by atoms with Gasteiger partial charge in [-0.15, -0.1) is 0 Å². The lowest BCUT2D eigenvalue weighted by Crippen LogP contribution is -2.48. The molecule has 1 aliphatic heterocycles. The number of carbonyl (C=O) groups excluding carboxylic acids is 1. The lowest BCUT2D eigenvalue weighted by atomic mass is 9.65. The Morgan fingerprint density at radius 1 is 1.38 bits per heavy atom. The zero-order valence-electron chi connectivity index (χ0n) is 16.8. The zero-order valence-corrected chi connectivity index (χ0v) is 17.8. The Balaban J connectivity index is 1.71. The number of ether oxygens (including phenoxy) is 3. The fraction of sp³-hybridized carbons (Fsp3) is 0.762. The molecule has 0 N–H and O–H groups in total. The van der Waals surface area contributed by atoms with E-state index in [1.807, 2.05) is 0 Å². The fourth-order valence-corrected chi connectivity index (χ4v) is 5.31. The van der Waals surface area contributed by atoms with Crippen molar-refractivity contribution < 1.29 is 19.0 Å². The summed E-state index contributed by atoms with van der Waals surface area (Å²) in [7, 11) is -1.11. The molecule has 0 aromatic heterocycles. The predicted octanol–water partition coefficient (Wildman–Crippen LogP) is 4.69. The second-order valence-corrected chi connectivity index (χ2v) is 15.3. The molecule has 2 bridgehead atoms. The number of rotatable bonds is 6. The van der Waals surface area contributed by atoms with Gasteiger partial charge in [-0.25, -0.2) is 4.79 Å². The molecule has 146 valence electrons. The van der Waals surface area contributed by atoms with Crippen molar-refractivity contribution in [1.82, 2.24) is 0 Å². The van der Waals surface area contributed by atoms with Crippen molar-refractivity contribution in [3.8, 4) is 0 Å². The largest absolute Gasteiger partial charge is 0.456 e. The SMILES string of the molecule is C=C1C(=O)O[C@@H]2[C@@H]1CCC1=CCC[C@@](C)(C1)[C@H]2OCOCC[Si](C)(C)C. The summed E-state index contributed by atoms with van der Waals surface area (Å²) in [6.45, 7) is 14.3. The minimum Gasteiger partial charge on any atom is -0.456 e. The van der Waals surface area contributed by atoms with E-state index in [0.717, 1.165) is 44.8 Å². The fourth-order valence-electron chi connectivity index (χ4n) is 4.55. The van der Waals surface area contributed by atoms with Gasteiger partial charge in [0, 0.05) is 31.6 Å². The quantitative estimate of drug-likeness (QED) is 0.168. The highest BCUT2D eigenvalue weighted by molar-refractivity contribution is 6.76. The van der Waals surface area contributed by atoms with E-state index in [0.29, 0.717) is 5.57 Å². The molecule has 0 spiro atoms. The van der Waals surface area contributed by atoms with Gasteiger partial charge in [-0.2, -0.15) is 0 Å². The summed E-state index contributed by atoms with van der Waals surface area (Å²) in [5, 5.41) is 0. The Kier molecular flexibility index (Phi) is 5.80. The van der Waals surface area contributed by atoms with Crippen molar-refractivity contribution in [1.29, 1.82) is 0 Å². The van der Waals surface area contributed by atoms with Gasteiger partial charge in [0.15, 0.2) is 0 Å². The summed E-state index contributed by atoms with van der Waals surface area (Å²) in [6.07, 6.45) is 7.15. The van der Waals surface area contributed by atoms with Crippen molar-refractivity contribution >= 4 is 14.0 Å². The minimum atomic E-state index is -1.11. The second kappa shape index (κ2) is 7.61. The highest BCUT2D eigenvalue weighted by Crippen LogP contribution is 2.49. The van der Waals surface area contributed by atoms with Gasteiger partial charge in [-0.3, -0.25) is 0 Å². The highest BCUT2D eigenvalue weighted by atomic mass is 28.3. The number of hydrogen-bond acceptors (Lipinski definition) is 4. The first-order valence-electron chi connectivity index (χ1n) is 9.97. The van der Waals surface area contributed by atoms with E-state index in [1.54, 1.807) is 0 Å². The number of carbonyl (C=O) groups is 1. The van der Waals surface area contributed by atoms with Crippen LogP contribution in [0.2, 0.25) is 25.7 Å². The molecular formula is C21H34O4Si. The third-order valence-corrected chi connectivity index (χ3v) is 7.92. The number of hydrogen-bond donors (Lipinski definition) is 0. The van der Waals surface area contributed by atoms with E-state index in [2.05, 4.69) is 39.2 Å². The molecule has 4 nitrogen and oxygen atoms in total. The van der Waals surface area contributed by atoms with Crippen LogP contribution >= 0.6 is 0 Å². The van der Waals surface area contributed by atoms with E-state index in [4.69, 9.17) is 14.2 Å². The molecule has 3 aliphatic rings. The first kappa shape index (κ1) is 19.8. The van der Waals surface area contributed by atoms with Crippen LogP contribution in [0.1, 0.15) is 39.0 Å². The molecule has 1 saturated carbocycles. The minimum absolute atomic E-state index is 0.0134. The summed E-state index contributed by atoms with van der Waals surface area (Å²) in [6, 6.07) is 1.13. The van der Waals surface area contributed by atoms with E-state index in [9.17, 15) is 4.79 Å². The molecule has 0 amide bonds. The van der Waals surface area contributed by atoms with Crippen LogP contribution in [0.15, 0.2) is 23.8 Å². The summed E-state index contributed by atoms with van der Waals surface area (Å²) in [5.74, 6) is -0.183. The Bertz CT molecular complexity index is 591. The Morgan fingerprint density at radius 3 is 2.88 bits per heavy atom. The van der Waals surface area contributed by atoms with Gasteiger partial charge in [0.05, 0.1) is 0 Å². The normalized spacial score (nSPS) is 34.6. The molecule has 1 heterocycles. The number of allylic oxidation sites excluding steroid dienone is 2. The first-order valence-corrected chi connectivity index (χ1v) is 13.7. The van der Waals surface area contributed by atoms with Crippen molar-refractivity contribution in [2.75, 3.05) is 13.4 Å². The molecule has 0 unspecified atom stereocenters. The molecule has 0 radical (unpaired) electrons. The van der Waals surface area contributed by atoms with Crippen LogP contribution in [-0.2, 0) is 19.0 Å². The molecule has 26 heavy (non-hydrogen) atoms. The van der Waals surface area contributed by atoms with Crippen LogP contribution in [0, 0.1) is 11.3 Å². The van der Waals surface area contributed by atoms with Gasteiger partial charge in [0.1, 0.15) is 19.0 Å². The summed E-state index contributed by atoms with van der Waals surface area (Å²) < 4.78 is 17.8. The highest BCUT2D eigenvalue weighted by Gasteiger charge is 2.52. The maximum absolute atomic E-state index is 12.2. The summed E-state index contributed by atoms with van der Waals surface area (Å²) >= 11 is 0. The van der Waals surface area contributed by atoms with Crippen molar-refractivity contribution in [3.63, 3.8) is 0 Å². The summed E-state index contributed by atoms with van der Waals surface area (Å²) in [4.78, 5) is 12.2. The third-order valence-electron chi connectivity index (χ3n) is 6.22. The van der Waals surface area contributed by atoms with Gasteiger partial charge in [0.25, 0.3) is 0 Å². The Labute approximate surface area is 159 Å². The number of esters is 1. The Morgan fingerprint density at radius 2 is 2.15 bits per heavy atom. The lowest BCUT2D eigenvalue weighted by molar-refractivity contribution is -0.183. The Hall–Kier alpha value is -0.913. The molecule has 2 fully saturated rings. The molecule has 1 saturated heterocycles. The van der Waals surface area contributed by atoms with E-state index in [1.165, 1.54) is 5.57 Å². The molecule has 4 atom stereocenters. The van der Waals surface area contributed by atoms with Crippen LogP contribution < -0.4 is 0 Å². The van der Waals surface area contributed by atoms with Gasteiger partial charge in [-0.1, -0.05) is 44.8 Å².